The molecule has 0 fully saturated rings. The molecule has 90 valence electrons. The predicted octanol–water partition coefficient (Wildman–Crippen LogP) is 2.76. The largest absolute Gasteiger partial charge is 0.381 e. The van der Waals surface area contributed by atoms with Crippen LogP contribution in [0, 0.1) is 6.92 Å². The number of nitrogen functional groups attached to an aromatic ring is 1. The predicted molar refractivity (Wildman–Crippen MR) is 69.5 cm³/mol. The summed E-state index contributed by atoms with van der Waals surface area (Å²) < 4.78 is 1.78. The van der Waals surface area contributed by atoms with E-state index in [1.807, 2.05) is 25.1 Å². The van der Waals surface area contributed by atoms with Crippen LogP contribution >= 0.6 is 11.6 Å². The highest BCUT2D eigenvalue weighted by atomic mass is 35.5. The van der Waals surface area contributed by atoms with Crippen LogP contribution in [0.3, 0.4) is 0 Å². The van der Waals surface area contributed by atoms with Crippen molar-refractivity contribution in [1.29, 1.82) is 0 Å². The number of hydrogen-bond acceptors (Lipinski definition) is 3. The smallest absolute Gasteiger partial charge is 0.169 e. The van der Waals surface area contributed by atoms with Crippen LogP contribution in [-0.2, 0) is 6.42 Å². The summed E-state index contributed by atoms with van der Waals surface area (Å²) in [6.45, 7) is 4.06. The Morgan fingerprint density at radius 1 is 1.41 bits per heavy atom. The van der Waals surface area contributed by atoms with E-state index in [4.69, 9.17) is 17.3 Å². The van der Waals surface area contributed by atoms with Gasteiger partial charge in [0.25, 0.3) is 0 Å². The Labute approximate surface area is 105 Å². The second kappa shape index (κ2) is 4.75. The third-order valence-corrected chi connectivity index (χ3v) is 3.16. The SMILES string of the molecule is CCCc1c(N)nnn1-c1cccc(Cl)c1C. The van der Waals surface area contributed by atoms with Crippen LogP contribution in [0.15, 0.2) is 18.2 Å². The maximum absolute atomic E-state index is 6.11. The summed E-state index contributed by atoms with van der Waals surface area (Å²) >= 11 is 6.11. The third-order valence-electron chi connectivity index (χ3n) is 2.75. The van der Waals surface area contributed by atoms with Crippen LogP contribution in [-0.4, -0.2) is 15.0 Å². The van der Waals surface area contributed by atoms with Crippen molar-refractivity contribution in [3.8, 4) is 5.69 Å². The van der Waals surface area contributed by atoms with Gasteiger partial charge in [-0.15, -0.1) is 5.10 Å². The van der Waals surface area contributed by atoms with Crippen LogP contribution in [0.25, 0.3) is 5.69 Å². The molecule has 0 aliphatic heterocycles. The molecule has 1 aromatic heterocycles. The van der Waals surface area contributed by atoms with Gasteiger partial charge in [0.2, 0.25) is 0 Å². The molecule has 0 bridgehead atoms. The molecule has 0 radical (unpaired) electrons. The molecule has 0 unspecified atom stereocenters. The average molecular weight is 251 g/mol. The highest BCUT2D eigenvalue weighted by Gasteiger charge is 2.13. The lowest BCUT2D eigenvalue weighted by molar-refractivity contribution is 0.742. The van der Waals surface area contributed by atoms with Crippen LogP contribution < -0.4 is 5.73 Å². The molecule has 2 rings (SSSR count). The van der Waals surface area contributed by atoms with Crippen molar-refractivity contribution in [2.24, 2.45) is 0 Å². The summed E-state index contributed by atoms with van der Waals surface area (Å²) in [6.07, 6.45) is 1.85. The lowest BCUT2D eigenvalue weighted by Gasteiger charge is -2.09. The van der Waals surface area contributed by atoms with Crippen molar-refractivity contribution < 1.29 is 0 Å². The molecular formula is C12H15ClN4. The van der Waals surface area contributed by atoms with Gasteiger partial charge in [-0.2, -0.15) is 0 Å². The van der Waals surface area contributed by atoms with Crippen LogP contribution in [0.4, 0.5) is 5.82 Å². The highest BCUT2D eigenvalue weighted by Crippen LogP contribution is 2.24. The van der Waals surface area contributed by atoms with Crippen LogP contribution in [0.5, 0.6) is 0 Å². The van der Waals surface area contributed by atoms with E-state index in [9.17, 15) is 0 Å². The van der Waals surface area contributed by atoms with E-state index in [0.29, 0.717) is 5.82 Å². The fourth-order valence-electron chi connectivity index (χ4n) is 1.80. The number of rotatable bonds is 3. The fraction of sp³-hybridized carbons (Fsp3) is 0.333. The Morgan fingerprint density at radius 3 is 2.88 bits per heavy atom. The maximum atomic E-state index is 6.11. The molecule has 0 saturated carbocycles. The van der Waals surface area contributed by atoms with Crippen molar-refractivity contribution in [2.45, 2.75) is 26.7 Å². The maximum Gasteiger partial charge on any atom is 0.169 e. The summed E-state index contributed by atoms with van der Waals surface area (Å²) in [7, 11) is 0. The van der Waals surface area contributed by atoms with E-state index >= 15 is 0 Å². The Bertz CT molecular complexity index is 533. The monoisotopic (exact) mass is 250 g/mol. The Hall–Kier alpha value is -1.55. The summed E-state index contributed by atoms with van der Waals surface area (Å²) in [6, 6.07) is 5.73. The zero-order chi connectivity index (χ0) is 12.4. The number of hydrogen-bond donors (Lipinski definition) is 1. The van der Waals surface area contributed by atoms with Crippen LogP contribution in [0.1, 0.15) is 24.6 Å². The molecule has 2 N–H and O–H groups in total. The molecule has 0 saturated heterocycles. The fourth-order valence-corrected chi connectivity index (χ4v) is 1.97. The zero-order valence-electron chi connectivity index (χ0n) is 9.94. The molecule has 5 heteroatoms. The topological polar surface area (TPSA) is 56.7 Å². The van der Waals surface area contributed by atoms with Crippen molar-refractivity contribution in [3.05, 3.63) is 34.5 Å². The van der Waals surface area contributed by atoms with Gasteiger partial charge >= 0.3 is 0 Å². The van der Waals surface area contributed by atoms with E-state index in [1.54, 1.807) is 4.68 Å². The van der Waals surface area contributed by atoms with Gasteiger partial charge in [0.1, 0.15) is 0 Å². The minimum absolute atomic E-state index is 0.492. The van der Waals surface area contributed by atoms with Gasteiger partial charge < -0.3 is 5.73 Å². The molecule has 1 heterocycles. The standard InChI is InChI=1S/C12H15ClN4/c1-3-5-11-12(14)15-16-17(11)10-7-4-6-9(13)8(10)2/h4,6-7H,3,5,14H2,1-2H3. The molecule has 17 heavy (non-hydrogen) atoms. The van der Waals surface area contributed by atoms with Gasteiger partial charge in [0, 0.05) is 5.02 Å². The van der Waals surface area contributed by atoms with E-state index in [0.717, 1.165) is 34.8 Å². The zero-order valence-corrected chi connectivity index (χ0v) is 10.7. The molecule has 0 amide bonds. The van der Waals surface area contributed by atoms with E-state index < -0.39 is 0 Å². The van der Waals surface area contributed by atoms with E-state index in [2.05, 4.69) is 17.2 Å². The highest BCUT2D eigenvalue weighted by molar-refractivity contribution is 6.31. The van der Waals surface area contributed by atoms with Gasteiger partial charge in [0.05, 0.1) is 11.4 Å². The Kier molecular flexibility index (Phi) is 3.33. The second-order valence-electron chi connectivity index (χ2n) is 3.97. The minimum atomic E-state index is 0.492. The number of halogens is 1. The lowest BCUT2D eigenvalue weighted by atomic mass is 10.2. The summed E-state index contributed by atoms with van der Waals surface area (Å²) in [5.74, 6) is 0.492. The average Bonchev–Trinajstić information content (AvgIpc) is 2.66. The molecule has 0 aliphatic carbocycles. The molecule has 0 aliphatic rings. The number of anilines is 1. The first-order valence-corrected chi connectivity index (χ1v) is 5.98. The first-order chi connectivity index (χ1) is 8.15. The van der Waals surface area contributed by atoms with Crippen molar-refractivity contribution in [2.75, 3.05) is 5.73 Å². The molecule has 0 spiro atoms. The van der Waals surface area contributed by atoms with Crippen molar-refractivity contribution in [1.82, 2.24) is 15.0 Å². The first-order valence-electron chi connectivity index (χ1n) is 5.60. The first kappa shape index (κ1) is 11.9. The number of nitrogens with two attached hydrogens (primary N) is 1. The molecule has 2 aromatic rings. The molecule has 1 aromatic carbocycles. The van der Waals surface area contributed by atoms with Crippen molar-refractivity contribution >= 4 is 17.4 Å². The summed E-state index contributed by atoms with van der Waals surface area (Å²) in [4.78, 5) is 0. The van der Waals surface area contributed by atoms with Gasteiger partial charge in [-0.3, -0.25) is 0 Å². The molecule has 4 nitrogen and oxygen atoms in total. The Balaban J connectivity index is 2.56. The quantitative estimate of drug-likeness (QED) is 0.911. The van der Waals surface area contributed by atoms with Gasteiger partial charge in [0.15, 0.2) is 5.82 Å². The summed E-state index contributed by atoms with van der Waals surface area (Å²) in [5, 5.41) is 8.74. The molecule has 0 atom stereocenters. The lowest BCUT2D eigenvalue weighted by Crippen LogP contribution is -2.05. The van der Waals surface area contributed by atoms with Crippen LogP contribution in [0.2, 0.25) is 5.02 Å². The van der Waals surface area contributed by atoms with Crippen molar-refractivity contribution in [3.63, 3.8) is 0 Å². The number of nitrogens with zero attached hydrogens (tertiary/aromatic N) is 3. The number of benzene rings is 1. The third kappa shape index (κ3) is 2.13. The van der Waals surface area contributed by atoms with Gasteiger partial charge in [-0.1, -0.05) is 36.2 Å². The number of aromatic nitrogens is 3. The molecular weight excluding hydrogens is 236 g/mol. The Morgan fingerprint density at radius 2 is 2.18 bits per heavy atom. The normalized spacial score (nSPS) is 10.8. The summed E-state index contributed by atoms with van der Waals surface area (Å²) in [5.41, 5.74) is 8.69. The minimum Gasteiger partial charge on any atom is -0.381 e. The van der Waals surface area contributed by atoms with E-state index in [-0.39, 0.29) is 0 Å². The second-order valence-corrected chi connectivity index (χ2v) is 4.37. The van der Waals surface area contributed by atoms with E-state index in [1.165, 1.54) is 0 Å². The van der Waals surface area contributed by atoms with Gasteiger partial charge in [-0.25, -0.2) is 4.68 Å². The van der Waals surface area contributed by atoms with Gasteiger partial charge in [-0.05, 0) is 31.0 Å².